The first-order valence-corrected chi connectivity index (χ1v) is 10.4. The van der Waals surface area contributed by atoms with Gasteiger partial charge in [-0.15, -0.1) is 0 Å². The van der Waals surface area contributed by atoms with Gasteiger partial charge >= 0.3 is 13.6 Å². The normalized spacial score (nSPS) is 13.0. The van der Waals surface area contributed by atoms with Gasteiger partial charge in [0.05, 0.1) is 25.5 Å². The summed E-state index contributed by atoms with van der Waals surface area (Å²) in [7, 11) is -2.60. The number of imidazole rings is 1. The molecule has 158 valence electrons. The summed E-state index contributed by atoms with van der Waals surface area (Å²) in [5.41, 5.74) is 6.89. The summed E-state index contributed by atoms with van der Waals surface area (Å²) < 4.78 is 22.9. The zero-order valence-corrected chi connectivity index (χ0v) is 17.0. The molecule has 1 heterocycles. The van der Waals surface area contributed by atoms with Gasteiger partial charge in [0.1, 0.15) is 12.4 Å². The highest BCUT2D eigenvalue weighted by molar-refractivity contribution is 7.50. The lowest BCUT2D eigenvalue weighted by molar-refractivity contribution is 0.140. The van der Waals surface area contributed by atoms with Crippen LogP contribution in [0.15, 0.2) is 40.4 Å². The summed E-state index contributed by atoms with van der Waals surface area (Å²) in [6.07, 6.45) is 1.02. The standard InChI is InChI=1S/C17H24N5O6P/c1-12(18)20-16(28-8-7-27-2)21-15-9-19-17(23)22(15)10-13-3-5-14(6-4-13)11-29(24,25)26/h3-6,9H,7-8,10-11H2,1-2H3,(H,19,23)(H2,18,20,21)(H2,24,25,26). The second kappa shape index (κ2) is 10.2. The first-order chi connectivity index (χ1) is 13.7. The van der Waals surface area contributed by atoms with Crippen molar-refractivity contribution in [3.63, 3.8) is 0 Å². The monoisotopic (exact) mass is 425 g/mol. The van der Waals surface area contributed by atoms with Crippen molar-refractivity contribution in [2.75, 3.05) is 20.3 Å². The number of methoxy groups -OCH3 is 1. The van der Waals surface area contributed by atoms with Gasteiger partial charge in [-0.3, -0.25) is 9.13 Å². The Morgan fingerprint density at radius 1 is 1.24 bits per heavy atom. The minimum atomic E-state index is -4.13. The SMILES string of the molecule is COCCOC(/N=C(\C)N)=N/c1cnc(O)n1Cc1ccc(CP(=O)(O)O)cc1. The number of rotatable bonds is 8. The summed E-state index contributed by atoms with van der Waals surface area (Å²) in [6.45, 7) is 2.36. The zero-order chi connectivity index (χ0) is 21.4. The number of nitrogens with two attached hydrogens (primary N) is 1. The van der Waals surface area contributed by atoms with Crippen LogP contribution in [-0.2, 0) is 26.7 Å². The van der Waals surface area contributed by atoms with Crippen LogP contribution < -0.4 is 5.73 Å². The first kappa shape index (κ1) is 22.6. The lowest BCUT2D eigenvalue weighted by atomic mass is 10.1. The third-order valence-corrected chi connectivity index (χ3v) is 4.34. The Hall–Kier alpha value is -2.72. The third kappa shape index (κ3) is 7.66. The van der Waals surface area contributed by atoms with E-state index in [1.807, 2.05) is 0 Å². The second-order valence-electron chi connectivity index (χ2n) is 6.13. The van der Waals surface area contributed by atoms with Gasteiger partial charge in [-0.2, -0.15) is 9.98 Å². The van der Waals surface area contributed by atoms with E-state index in [-0.39, 0.29) is 37.2 Å². The summed E-state index contributed by atoms with van der Waals surface area (Å²) in [4.78, 5) is 30.2. The van der Waals surface area contributed by atoms with E-state index in [1.54, 1.807) is 31.2 Å². The molecule has 0 saturated heterocycles. The predicted molar refractivity (Wildman–Crippen MR) is 107 cm³/mol. The maximum Gasteiger partial charge on any atom is 0.329 e. The lowest BCUT2D eigenvalue weighted by Gasteiger charge is -2.09. The van der Waals surface area contributed by atoms with Crippen molar-refractivity contribution in [3.8, 4) is 6.01 Å². The summed E-state index contributed by atoms with van der Waals surface area (Å²) in [6, 6.07) is 6.39. The maximum absolute atomic E-state index is 11.1. The highest BCUT2D eigenvalue weighted by Gasteiger charge is 2.14. The van der Waals surface area contributed by atoms with Crippen LogP contribution in [0.2, 0.25) is 0 Å². The minimum absolute atomic E-state index is 0.000178. The smallest absolute Gasteiger partial charge is 0.329 e. The fourth-order valence-corrected chi connectivity index (χ4v) is 3.01. The van der Waals surface area contributed by atoms with Crippen molar-refractivity contribution in [1.29, 1.82) is 0 Å². The van der Waals surface area contributed by atoms with E-state index in [0.29, 0.717) is 18.0 Å². The average Bonchev–Trinajstić information content (AvgIpc) is 2.95. The molecule has 0 aliphatic carbocycles. The van der Waals surface area contributed by atoms with E-state index in [4.69, 9.17) is 25.0 Å². The molecule has 0 saturated carbocycles. The van der Waals surface area contributed by atoms with Gasteiger partial charge in [0.2, 0.25) is 0 Å². The molecule has 0 amide bonds. The van der Waals surface area contributed by atoms with Crippen molar-refractivity contribution in [3.05, 3.63) is 41.6 Å². The summed E-state index contributed by atoms with van der Waals surface area (Å²) in [5.74, 6) is 0.538. The quantitative estimate of drug-likeness (QED) is 0.213. The molecule has 0 aliphatic heterocycles. The van der Waals surface area contributed by atoms with Crippen LogP contribution in [0.5, 0.6) is 6.01 Å². The lowest BCUT2D eigenvalue weighted by Crippen LogP contribution is -2.14. The second-order valence-corrected chi connectivity index (χ2v) is 7.78. The van der Waals surface area contributed by atoms with Crippen LogP contribution in [0, 0.1) is 0 Å². The molecule has 2 aromatic rings. The van der Waals surface area contributed by atoms with E-state index in [1.165, 1.54) is 17.9 Å². The van der Waals surface area contributed by atoms with Gasteiger partial charge in [0.15, 0.2) is 5.82 Å². The highest BCUT2D eigenvalue weighted by Crippen LogP contribution is 2.39. The Bertz CT molecular complexity index is 915. The molecular weight excluding hydrogens is 401 g/mol. The number of aliphatic imine (C=N–C) groups is 2. The molecule has 0 fully saturated rings. The number of amidine groups is 2. The molecule has 1 aromatic carbocycles. The fourth-order valence-electron chi connectivity index (χ4n) is 2.32. The van der Waals surface area contributed by atoms with Crippen LogP contribution in [-0.4, -0.2) is 56.6 Å². The maximum atomic E-state index is 11.1. The van der Waals surface area contributed by atoms with Gasteiger partial charge < -0.3 is 30.1 Å². The largest absolute Gasteiger partial charge is 0.480 e. The Balaban J connectivity index is 2.23. The predicted octanol–water partition coefficient (Wildman–Crippen LogP) is 1.34. The minimum Gasteiger partial charge on any atom is -0.480 e. The molecule has 29 heavy (non-hydrogen) atoms. The van der Waals surface area contributed by atoms with Gasteiger partial charge in [-0.1, -0.05) is 24.3 Å². The molecule has 0 bridgehead atoms. The molecule has 0 radical (unpaired) electrons. The Morgan fingerprint density at radius 2 is 1.90 bits per heavy atom. The number of hydrogen-bond acceptors (Lipinski definition) is 6. The molecule has 0 aliphatic rings. The van der Waals surface area contributed by atoms with Gasteiger partial charge in [-0.25, -0.2) is 4.98 Å². The first-order valence-electron chi connectivity index (χ1n) is 8.56. The molecule has 5 N–H and O–H groups in total. The number of aromatic hydroxyl groups is 1. The van der Waals surface area contributed by atoms with Crippen LogP contribution in [0.3, 0.4) is 0 Å². The Labute approximate surface area is 167 Å². The highest BCUT2D eigenvalue weighted by atomic mass is 31.2. The van der Waals surface area contributed by atoms with E-state index in [2.05, 4.69) is 15.0 Å². The van der Waals surface area contributed by atoms with Gasteiger partial charge in [0.25, 0.3) is 6.01 Å². The van der Waals surface area contributed by atoms with Crippen LogP contribution in [0.4, 0.5) is 5.82 Å². The summed E-state index contributed by atoms with van der Waals surface area (Å²) in [5, 5.41) is 10.1. The number of hydrogen-bond donors (Lipinski definition) is 4. The molecular formula is C17H24N5O6P. The number of ether oxygens (including phenoxy) is 2. The number of nitrogens with zero attached hydrogens (tertiary/aromatic N) is 4. The van der Waals surface area contributed by atoms with Crippen LogP contribution in [0.25, 0.3) is 0 Å². The van der Waals surface area contributed by atoms with Crippen molar-refractivity contribution in [1.82, 2.24) is 9.55 Å². The molecule has 1 aromatic heterocycles. The van der Waals surface area contributed by atoms with Crippen molar-refractivity contribution in [2.24, 2.45) is 15.7 Å². The fraction of sp³-hybridized carbons (Fsp3) is 0.353. The van der Waals surface area contributed by atoms with E-state index >= 15 is 0 Å². The third-order valence-electron chi connectivity index (χ3n) is 3.57. The van der Waals surface area contributed by atoms with Crippen LogP contribution >= 0.6 is 7.60 Å². The molecule has 0 spiro atoms. The average molecular weight is 425 g/mol. The van der Waals surface area contributed by atoms with E-state index < -0.39 is 7.60 Å². The number of aromatic nitrogens is 2. The molecule has 2 rings (SSSR count). The molecule has 11 nitrogen and oxygen atoms in total. The molecule has 12 heteroatoms. The van der Waals surface area contributed by atoms with E-state index in [9.17, 15) is 9.67 Å². The van der Waals surface area contributed by atoms with Crippen molar-refractivity contribution in [2.45, 2.75) is 19.6 Å². The van der Waals surface area contributed by atoms with Crippen molar-refractivity contribution < 1.29 is 28.9 Å². The topological polar surface area (TPSA) is 165 Å². The van der Waals surface area contributed by atoms with Gasteiger partial charge in [0, 0.05) is 7.11 Å². The van der Waals surface area contributed by atoms with Crippen LogP contribution in [0.1, 0.15) is 18.1 Å². The Morgan fingerprint density at radius 3 is 2.48 bits per heavy atom. The Kier molecular flexibility index (Phi) is 7.91. The molecule has 0 unspecified atom stereocenters. The molecule has 0 atom stereocenters. The van der Waals surface area contributed by atoms with E-state index in [0.717, 1.165) is 5.56 Å². The zero-order valence-electron chi connectivity index (χ0n) is 16.1. The number of benzene rings is 1. The summed E-state index contributed by atoms with van der Waals surface area (Å²) >= 11 is 0. The van der Waals surface area contributed by atoms with Crippen molar-refractivity contribution >= 4 is 25.3 Å². The van der Waals surface area contributed by atoms with Gasteiger partial charge in [-0.05, 0) is 18.1 Å².